The lowest BCUT2D eigenvalue weighted by Crippen LogP contribution is -2.34. The molecule has 0 aromatic carbocycles. The third-order valence-electron chi connectivity index (χ3n) is 1.48. The molecular weight excluding hydrogens is 318 g/mol. The zero-order valence-electron chi connectivity index (χ0n) is 10.5. The Morgan fingerprint density at radius 3 is 2.78 bits per heavy atom. The molecular formula is C11H16BrN3O2S. The van der Waals surface area contributed by atoms with Crippen molar-refractivity contribution in [2.75, 3.05) is 11.9 Å². The molecule has 100 valence electrons. The third kappa shape index (κ3) is 6.51. The maximum absolute atomic E-state index is 11.0. The van der Waals surface area contributed by atoms with Gasteiger partial charge in [-0.25, -0.2) is 9.78 Å². The molecule has 5 nitrogen and oxygen atoms in total. The highest BCUT2D eigenvalue weighted by atomic mass is 79.9. The third-order valence-corrected chi connectivity index (χ3v) is 2.33. The number of nitrogens with one attached hydrogen (secondary N) is 2. The SMILES string of the molecule is CC.CCOC(=O)NC(=S)Nc1ncccc1Br. The molecule has 0 atom stereocenters. The highest BCUT2D eigenvalue weighted by Gasteiger charge is 2.06. The van der Waals surface area contributed by atoms with Crippen LogP contribution < -0.4 is 10.6 Å². The highest BCUT2D eigenvalue weighted by Crippen LogP contribution is 2.17. The number of carbonyl (C=O) groups excluding carboxylic acids is 1. The Kier molecular flexibility index (Phi) is 9.13. The van der Waals surface area contributed by atoms with Gasteiger partial charge in [0.05, 0.1) is 11.1 Å². The van der Waals surface area contributed by atoms with E-state index in [9.17, 15) is 4.79 Å². The molecule has 18 heavy (non-hydrogen) atoms. The summed E-state index contributed by atoms with van der Waals surface area (Å²) >= 11 is 8.20. The number of halogens is 1. The minimum atomic E-state index is -0.591. The molecule has 2 N–H and O–H groups in total. The quantitative estimate of drug-likeness (QED) is 0.813. The number of aromatic nitrogens is 1. The Bertz CT molecular complexity index is 402. The average molecular weight is 334 g/mol. The van der Waals surface area contributed by atoms with E-state index in [4.69, 9.17) is 12.2 Å². The van der Waals surface area contributed by atoms with Gasteiger partial charge in [0.15, 0.2) is 5.11 Å². The first-order valence-corrected chi connectivity index (χ1v) is 6.69. The maximum atomic E-state index is 11.0. The first-order chi connectivity index (χ1) is 8.63. The lowest BCUT2D eigenvalue weighted by Gasteiger charge is -2.09. The number of thiocarbonyl (C=S) groups is 1. The monoisotopic (exact) mass is 333 g/mol. The van der Waals surface area contributed by atoms with Crippen molar-refractivity contribution in [2.45, 2.75) is 20.8 Å². The summed E-state index contributed by atoms with van der Waals surface area (Å²) in [7, 11) is 0. The Morgan fingerprint density at radius 1 is 1.56 bits per heavy atom. The maximum Gasteiger partial charge on any atom is 0.413 e. The number of nitrogens with zero attached hydrogens (tertiary/aromatic N) is 1. The second kappa shape index (κ2) is 9.78. The molecule has 1 aromatic rings. The van der Waals surface area contributed by atoms with E-state index in [1.165, 1.54) is 0 Å². The lowest BCUT2D eigenvalue weighted by atomic mass is 10.5. The van der Waals surface area contributed by atoms with Crippen LogP contribution in [0.3, 0.4) is 0 Å². The lowest BCUT2D eigenvalue weighted by molar-refractivity contribution is 0.158. The predicted molar refractivity (Wildman–Crippen MR) is 79.7 cm³/mol. The van der Waals surface area contributed by atoms with Gasteiger partial charge in [0.25, 0.3) is 0 Å². The van der Waals surface area contributed by atoms with E-state index in [0.717, 1.165) is 4.47 Å². The first kappa shape index (κ1) is 16.8. The van der Waals surface area contributed by atoms with Crippen LogP contribution in [0.1, 0.15) is 20.8 Å². The van der Waals surface area contributed by atoms with Crippen LogP contribution in [0.4, 0.5) is 10.6 Å². The summed E-state index contributed by atoms with van der Waals surface area (Å²) in [5.74, 6) is 0.532. The van der Waals surface area contributed by atoms with Gasteiger partial charge >= 0.3 is 6.09 Å². The fourth-order valence-electron chi connectivity index (χ4n) is 0.876. The minimum absolute atomic E-state index is 0.137. The van der Waals surface area contributed by atoms with E-state index in [1.807, 2.05) is 19.9 Å². The molecule has 1 heterocycles. The zero-order chi connectivity index (χ0) is 14.0. The van der Waals surface area contributed by atoms with Gasteiger partial charge in [-0.3, -0.25) is 5.32 Å². The van der Waals surface area contributed by atoms with Crippen molar-refractivity contribution in [2.24, 2.45) is 0 Å². The summed E-state index contributed by atoms with van der Waals surface area (Å²) in [6, 6.07) is 3.58. The molecule has 0 aliphatic carbocycles. The van der Waals surface area contributed by atoms with Gasteiger partial charge in [-0.2, -0.15) is 0 Å². The summed E-state index contributed by atoms with van der Waals surface area (Å²) < 4.78 is 5.42. The molecule has 0 spiro atoms. The van der Waals surface area contributed by atoms with Gasteiger partial charge < -0.3 is 10.1 Å². The number of rotatable bonds is 2. The van der Waals surface area contributed by atoms with Crippen LogP contribution in [-0.4, -0.2) is 22.8 Å². The first-order valence-electron chi connectivity index (χ1n) is 5.48. The van der Waals surface area contributed by atoms with Gasteiger partial charge in [-0.1, -0.05) is 13.8 Å². The number of alkyl carbamates (subject to hydrolysis) is 1. The van der Waals surface area contributed by atoms with Crippen LogP contribution in [0, 0.1) is 0 Å². The molecule has 0 aliphatic rings. The predicted octanol–water partition coefficient (Wildman–Crippen LogP) is 3.31. The van der Waals surface area contributed by atoms with Gasteiger partial charge in [0.2, 0.25) is 0 Å². The van der Waals surface area contributed by atoms with Gasteiger partial charge in [-0.05, 0) is 47.2 Å². The smallest absolute Gasteiger partial charge is 0.413 e. The number of ether oxygens (including phenoxy) is 1. The van der Waals surface area contributed by atoms with Crippen molar-refractivity contribution < 1.29 is 9.53 Å². The molecule has 1 amide bonds. The number of amides is 1. The Hall–Kier alpha value is -1.21. The molecule has 1 aromatic heterocycles. The largest absolute Gasteiger partial charge is 0.450 e. The fraction of sp³-hybridized carbons (Fsp3) is 0.364. The molecule has 0 bridgehead atoms. The molecule has 1 rings (SSSR count). The summed E-state index contributed by atoms with van der Waals surface area (Å²) in [4.78, 5) is 15.1. The van der Waals surface area contributed by atoms with Crippen molar-refractivity contribution in [3.8, 4) is 0 Å². The van der Waals surface area contributed by atoms with Gasteiger partial charge in [-0.15, -0.1) is 0 Å². The van der Waals surface area contributed by atoms with E-state index in [1.54, 1.807) is 19.2 Å². The normalized spacial score (nSPS) is 8.67. The van der Waals surface area contributed by atoms with Crippen LogP contribution in [0.25, 0.3) is 0 Å². The van der Waals surface area contributed by atoms with Crippen molar-refractivity contribution >= 4 is 45.2 Å². The Labute approximate surface area is 120 Å². The van der Waals surface area contributed by atoms with E-state index in [0.29, 0.717) is 12.4 Å². The second-order valence-corrected chi connectivity index (χ2v) is 3.90. The number of hydrogen-bond acceptors (Lipinski definition) is 4. The van der Waals surface area contributed by atoms with E-state index in [-0.39, 0.29) is 5.11 Å². The molecule has 0 saturated heterocycles. The summed E-state index contributed by atoms with van der Waals surface area (Å²) in [6.45, 7) is 6.01. The summed E-state index contributed by atoms with van der Waals surface area (Å²) in [5, 5.41) is 5.25. The standard InChI is InChI=1S/C9H10BrN3O2S.C2H6/c1-2-15-9(14)13-8(16)12-7-6(10)4-3-5-11-7;1-2/h3-5H,2H2,1H3,(H2,11,12,13,14,16);1-2H3. The van der Waals surface area contributed by atoms with Crippen molar-refractivity contribution in [3.05, 3.63) is 22.8 Å². The van der Waals surface area contributed by atoms with Crippen molar-refractivity contribution in [3.63, 3.8) is 0 Å². The van der Waals surface area contributed by atoms with Crippen molar-refractivity contribution in [1.29, 1.82) is 0 Å². The highest BCUT2D eigenvalue weighted by molar-refractivity contribution is 9.10. The number of anilines is 1. The average Bonchev–Trinajstić information content (AvgIpc) is 2.35. The van der Waals surface area contributed by atoms with E-state index in [2.05, 4.69) is 36.3 Å². The summed E-state index contributed by atoms with van der Waals surface area (Å²) in [5.41, 5.74) is 0. The Balaban J connectivity index is 0.00000137. The van der Waals surface area contributed by atoms with Crippen LogP contribution in [0.2, 0.25) is 0 Å². The molecule has 7 heteroatoms. The topological polar surface area (TPSA) is 63.2 Å². The zero-order valence-corrected chi connectivity index (χ0v) is 12.9. The molecule has 0 radical (unpaired) electrons. The minimum Gasteiger partial charge on any atom is -0.450 e. The van der Waals surface area contributed by atoms with Crippen LogP contribution >= 0.6 is 28.1 Å². The fourth-order valence-corrected chi connectivity index (χ4v) is 1.41. The number of hydrogen-bond donors (Lipinski definition) is 2. The van der Waals surface area contributed by atoms with Crippen LogP contribution in [0.5, 0.6) is 0 Å². The van der Waals surface area contributed by atoms with E-state index >= 15 is 0 Å². The van der Waals surface area contributed by atoms with E-state index < -0.39 is 6.09 Å². The van der Waals surface area contributed by atoms with Crippen molar-refractivity contribution in [1.82, 2.24) is 10.3 Å². The molecule has 0 saturated carbocycles. The Morgan fingerprint density at radius 2 is 2.22 bits per heavy atom. The van der Waals surface area contributed by atoms with Gasteiger partial charge in [0.1, 0.15) is 5.82 Å². The van der Waals surface area contributed by atoms with Crippen LogP contribution in [-0.2, 0) is 4.74 Å². The molecule has 0 fully saturated rings. The summed E-state index contributed by atoms with van der Waals surface area (Å²) in [6.07, 6.45) is 1.02. The molecule has 0 unspecified atom stereocenters. The number of carbonyl (C=O) groups is 1. The number of pyridine rings is 1. The second-order valence-electron chi connectivity index (χ2n) is 2.63. The van der Waals surface area contributed by atoms with Gasteiger partial charge in [0, 0.05) is 6.20 Å². The molecule has 0 aliphatic heterocycles. The van der Waals surface area contributed by atoms with Crippen LogP contribution in [0.15, 0.2) is 22.8 Å².